The number of pyridine rings is 1. The van der Waals surface area contributed by atoms with E-state index in [0.717, 1.165) is 5.56 Å². The summed E-state index contributed by atoms with van der Waals surface area (Å²) in [6.07, 6.45) is 1.59. The monoisotopic (exact) mass is 623 g/mol. The Balaban J connectivity index is 1.68. The van der Waals surface area contributed by atoms with Crippen molar-refractivity contribution in [1.82, 2.24) is 25.4 Å². The van der Waals surface area contributed by atoms with Crippen molar-refractivity contribution < 1.29 is 27.8 Å². The van der Waals surface area contributed by atoms with Gasteiger partial charge in [0.1, 0.15) is 6.61 Å². The number of esters is 1. The summed E-state index contributed by atoms with van der Waals surface area (Å²) in [5, 5.41) is 9.87. The van der Waals surface area contributed by atoms with Gasteiger partial charge in [-0.05, 0) is 67.2 Å². The van der Waals surface area contributed by atoms with E-state index in [-0.39, 0.29) is 18.1 Å². The van der Waals surface area contributed by atoms with E-state index in [0.29, 0.717) is 32.4 Å². The number of halogens is 2. The molecule has 0 unspecified atom stereocenters. The lowest BCUT2D eigenvalue weighted by Crippen LogP contribution is -2.58. The highest BCUT2D eigenvalue weighted by Gasteiger charge is 2.46. The molecule has 44 heavy (non-hydrogen) atoms. The van der Waals surface area contributed by atoms with Crippen LogP contribution in [0.2, 0.25) is 0 Å². The average Bonchev–Trinajstić information content (AvgIpc) is 3.45. The number of alkyl carbamates (subject to hydrolysis) is 1. The second-order valence-electron chi connectivity index (χ2n) is 11.8. The second kappa shape index (κ2) is 13.5. The van der Waals surface area contributed by atoms with Crippen LogP contribution < -0.4 is 10.6 Å². The normalized spacial score (nSPS) is 13.0. The summed E-state index contributed by atoms with van der Waals surface area (Å²) in [5.74, 6) is -0.576. The molecule has 0 radical (unpaired) electrons. The van der Waals surface area contributed by atoms with Gasteiger partial charge in [-0.3, -0.25) is 5.32 Å². The highest BCUT2D eigenvalue weighted by atomic mass is 32.1. The third kappa shape index (κ3) is 8.13. The molecule has 0 bridgehead atoms. The maximum atomic E-state index is 13.9. The molecule has 2 aromatic heterocycles. The molecule has 0 saturated carbocycles. The number of carbonyl (C=O) groups is 2. The molecule has 0 aliphatic carbocycles. The van der Waals surface area contributed by atoms with Gasteiger partial charge in [0.15, 0.2) is 10.7 Å². The molecule has 4 aromatic rings. The van der Waals surface area contributed by atoms with Crippen molar-refractivity contribution >= 4 is 40.3 Å². The van der Waals surface area contributed by atoms with E-state index in [2.05, 4.69) is 20.7 Å². The summed E-state index contributed by atoms with van der Waals surface area (Å²) in [4.78, 5) is 31.2. The number of nitrogens with zero attached hydrogens (tertiary/aromatic N) is 3. The second-order valence-corrected chi connectivity index (χ2v) is 12.2. The minimum atomic E-state index is -2.76. The quantitative estimate of drug-likeness (QED) is 0.154. The SMILES string of the molecule is CC(C)OC(=O)[C@](CC(C)(C)C)(NC(=S)NC(=O)OCc1ccccc1)c1ccc2nc(-c3cnn(C(F)F)c3)ccc2c1. The maximum Gasteiger partial charge on any atom is 0.413 e. The van der Waals surface area contributed by atoms with Crippen LogP contribution in [0.4, 0.5) is 13.6 Å². The zero-order valence-electron chi connectivity index (χ0n) is 25.1. The minimum absolute atomic E-state index is 0.0421. The van der Waals surface area contributed by atoms with Gasteiger partial charge in [-0.25, -0.2) is 19.3 Å². The van der Waals surface area contributed by atoms with Crippen LogP contribution in [0, 0.1) is 5.41 Å². The largest absolute Gasteiger partial charge is 0.461 e. The number of thiocarbonyl (C=S) groups is 1. The number of alkyl halides is 2. The van der Waals surface area contributed by atoms with E-state index in [4.69, 9.17) is 21.7 Å². The Morgan fingerprint density at radius 2 is 1.77 bits per heavy atom. The first kappa shape index (κ1) is 32.5. The van der Waals surface area contributed by atoms with Gasteiger partial charge >= 0.3 is 18.6 Å². The third-order valence-electron chi connectivity index (χ3n) is 6.52. The van der Waals surface area contributed by atoms with E-state index in [9.17, 15) is 18.4 Å². The number of amides is 1. The van der Waals surface area contributed by atoms with Gasteiger partial charge in [0, 0.05) is 17.1 Å². The van der Waals surface area contributed by atoms with E-state index in [1.807, 2.05) is 51.1 Å². The highest BCUT2D eigenvalue weighted by Crippen LogP contribution is 2.38. The number of nitrogens with one attached hydrogen (secondary N) is 2. The number of hydrogen-bond donors (Lipinski definition) is 2. The first-order chi connectivity index (χ1) is 20.8. The predicted octanol–water partition coefficient (Wildman–Crippen LogP) is 6.88. The predicted molar refractivity (Wildman–Crippen MR) is 167 cm³/mol. The number of benzene rings is 2. The van der Waals surface area contributed by atoms with Crippen LogP contribution in [0.1, 0.15) is 58.7 Å². The fourth-order valence-corrected chi connectivity index (χ4v) is 5.03. The average molecular weight is 624 g/mol. The van der Waals surface area contributed by atoms with Crippen LogP contribution in [-0.4, -0.2) is 38.0 Å². The van der Waals surface area contributed by atoms with Crippen LogP contribution in [0.5, 0.6) is 0 Å². The fraction of sp³-hybridized carbons (Fsp3) is 0.344. The zero-order chi connectivity index (χ0) is 32.1. The molecular weight excluding hydrogens is 588 g/mol. The molecule has 2 aromatic carbocycles. The molecule has 12 heteroatoms. The first-order valence-electron chi connectivity index (χ1n) is 14.0. The lowest BCUT2D eigenvalue weighted by Gasteiger charge is -2.39. The van der Waals surface area contributed by atoms with Gasteiger partial charge in [0.05, 0.1) is 23.5 Å². The van der Waals surface area contributed by atoms with Gasteiger partial charge in [-0.2, -0.15) is 13.9 Å². The molecule has 2 heterocycles. The number of ether oxygens (including phenoxy) is 2. The van der Waals surface area contributed by atoms with Crippen molar-refractivity contribution in [3.05, 3.63) is 84.2 Å². The van der Waals surface area contributed by atoms with Crippen LogP contribution >= 0.6 is 12.2 Å². The molecular formula is C32H35F2N5O4S. The molecule has 9 nitrogen and oxygen atoms in total. The van der Waals surface area contributed by atoms with Crippen molar-refractivity contribution in [3.63, 3.8) is 0 Å². The lowest BCUT2D eigenvalue weighted by molar-refractivity contribution is -0.157. The summed E-state index contributed by atoms with van der Waals surface area (Å²) in [5.41, 5.74) is 0.910. The zero-order valence-corrected chi connectivity index (χ0v) is 26.0. The molecule has 0 aliphatic heterocycles. The number of aromatic nitrogens is 3. The van der Waals surface area contributed by atoms with Crippen molar-refractivity contribution in [1.29, 1.82) is 0 Å². The molecule has 4 rings (SSSR count). The maximum absolute atomic E-state index is 13.9. The molecule has 0 saturated heterocycles. The molecule has 1 amide bonds. The van der Waals surface area contributed by atoms with E-state index in [1.165, 1.54) is 12.4 Å². The lowest BCUT2D eigenvalue weighted by atomic mass is 9.75. The summed E-state index contributed by atoms with van der Waals surface area (Å²) in [6, 6.07) is 17.9. The molecule has 232 valence electrons. The Morgan fingerprint density at radius 3 is 2.41 bits per heavy atom. The van der Waals surface area contributed by atoms with Crippen LogP contribution in [-0.2, 0) is 26.4 Å². The smallest absolute Gasteiger partial charge is 0.413 e. The summed E-state index contributed by atoms with van der Waals surface area (Å²) in [7, 11) is 0. The highest BCUT2D eigenvalue weighted by molar-refractivity contribution is 7.80. The summed E-state index contributed by atoms with van der Waals surface area (Å²) >= 11 is 5.51. The van der Waals surface area contributed by atoms with Gasteiger partial charge < -0.3 is 14.8 Å². The van der Waals surface area contributed by atoms with Crippen molar-refractivity contribution in [2.45, 2.75) is 65.8 Å². The molecule has 0 aliphatic rings. The van der Waals surface area contributed by atoms with E-state index in [1.54, 1.807) is 44.2 Å². The Labute approximate surface area is 260 Å². The van der Waals surface area contributed by atoms with Crippen molar-refractivity contribution in [2.24, 2.45) is 5.41 Å². The first-order valence-corrected chi connectivity index (χ1v) is 14.4. The van der Waals surface area contributed by atoms with E-state index < -0.39 is 35.7 Å². The van der Waals surface area contributed by atoms with Crippen LogP contribution in [0.25, 0.3) is 22.2 Å². The Morgan fingerprint density at radius 1 is 1.05 bits per heavy atom. The standard InChI is InChI=1S/C32H35F2N5O4S/c1-20(2)43-27(40)32(19-31(3,4)5,38-29(44)37-30(41)42-18-21-9-7-6-8-10-21)24-12-14-25-22(15-24)11-13-26(36-25)23-16-35-39(17-23)28(33)34/h6-17,20,28H,18-19H2,1-5H3,(H2,37,38,41,44)/t32-/m1/s1. The van der Waals surface area contributed by atoms with Gasteiger partial charge in [-0.15, -0.1) is 0 Å². The van der Waals surface area contributed by atoms with Gasteiger partial charge in [-0.1, -0.05) is 63.2 Å². The Kier molecular flexibility index (Phi) is 9.93. The topological polar surface area (TPSA) is 107 Å². The molecule has 0 fully saturated rings. The molecule has 0 spiro atoms. The van der Waals surface area contributed by atoms with Crippen molar-refractivity contribution in [2.75, 3.05) is 0 Å². The minimum Gasteiger partial charge on any atom is -0.461 e. The summed E-state index contributed by atoms with van der Waals surface area (Å²) in [6.45, 7) is 6.72. The van der Waals surface area contributed by atoms with Crippen LogP contribution in [0.15, 0.2) is 73.1 Å². The Bertz CT molecular complexity index is 1640. The number of fused-ring (bicyclic) bond motifs is 1. The number of hydrogen-bond acceptors (Lipinski definition) is 7. The Hall–Kier alpha value is -4.45. The molecule has 2 N–H and O–H groups in total. The third-order valence-corrected chi connectivity index (χ3v) is 6.73. The number of carbonyl (C=O) groups excluding carboxylic acids is 2. The summed E-state index contributed by atoms with van der Waals surface area (Å²) < 4.78 is 37.7. The van der Waals surface area contributed by atoms with Gasteiger partial charge in [0.2, 0.25) is 0 Å². The fourth-order valence-electron chi connectivity index (χ4n) is 4.78. The molecule has 1 atom stereocenters. The van der Waals surface area contributed by atoms with Crippen molar-refractivity contribution in [3.8, 4) is 11.3 Å². The van der Waals surface area contributed by atoms with Crippen LogP contribution in [0.3, 0.4) is 0 Å². The van der Waals surface area contributed by atoms with E-state index >= 15 is 0 Å². The van der Waals surface area contributed by atoms with Gasteiger partial charge in [0.25, 0.3) is 0 Å². The number of rotatable bonds is 9.